The standard InChI is InChI=1S/C18H26N4O3/c1-11-5-8-15(12(2)9-11)20-18(25)21-17(24)13(3)22(4)10-16(23)19-14-6-7-14/h5,8-9,13-14H,6-7,10H2,1-4H3,(H,19,23)(H2,20,21,24,25). The molecule has 3 N–H and O–H groups in total. The number of carbonyl (C=O) groups is 3. The number of amides is 4. The molecule has 4 amide bonds. The van der Waals surface area contributed by atoms with Gasteiger partial charge in [0.15, 0.2) is 0 Å². The number of rotatable bonds is 6. The number of likely N-dealkylation sites (N-methyl/N-ethyl adjacent to an activating group) is 1. The number of benzene rings is 1. The molecule has 1 fully saturated rings. The highest BCUT2D eigenvalue weighted by Crippen LogP contribution is 2.18. The Morgan fingerprint density at radius 3 is 2.52 bits per heavy atom. The summed E-state index contributed by atoms with van der Waals surface area (Å²) >= 11 is 0. The van der Waals surface area contributed by atoms with E-state index in [0.717, 1.165) is 24.0 Å². The SMILES string of the molecule is Cc1ccc(NC(=O)NC(=O)C(C)N(C)CC(=O)NC2CC2)c(C)c1. The number of urea groups is 1. The predicted octanol–water partition coefficient (Wildman–Crippen LogP) is 1.55. The highest BCUT2D eigenvalue weighted by Gasteiger charge is 2.26. The molecular formula is C18H26N4O3. The van der Waals surface area contributed by atoms with Crippen molar-refractivity contribution >= 4 is 23.5 Å². The summed E-state index contributed by atoms with van der Waals surface area (Å²) in [5.41, 5.74) is 2.67. The summed E-state index contributed by atoms with van der Waals surface area (Å²) in [6.07, 6.45) is 2.04. The number of hydrogen-bond donors (Lipinski definition) is 3. The van der Waals surface area contributed by atoms with Crippen LogP contribution in [-0.4, -0.2) is 48.4 Å². The van der Waals surface area contributed by atoms with Crippen LogP contribution in [0.15, 0.2) is 18.2 Å². The average molecular weight is 346 g/mol. The van der Waals surface area contributed by atoms with Crippen molar-refractivity contribution in [3.8, 4) is 0 Å². The molecule has 1 aliphatic carbocycles. The second kappa shape index (κ2) is 8.11. The largest absolute Gasteiger partial charge is 0.352 e. The van der Waals surface area contributed by atoms with Gasteiger partial charge in [0, 0.05) is 11.7 Å². The minimum Gasteiger partial charge on any atom is -0.352 e. The van der Waals surface area contributed by atoms with Crippen molar-refractivity contribution < 1.29 is 14.4 Å². The van der Waals surface area contributed by atoms with Crippen molar-refractivity contribution in [3.63, 3.8) is 0 Å². The van der Waals surface area contributed by atoms with Gasteiger partial charge in [-0.2, -0.15) is 0 Å². The summed E-state index contributed by atoms with van der Waals surface area (Å²) in [6.45, 7) is 5.63. The molecule has 0 radical (unpaired) electrons. The zero-order chi connectivity index (χ0) is 18.6. The van der Waals surface area contributed by atoms with E-state index in [1.165, 1.54) is 0 Å². The van der Waals surface area contributed by atoms with Crippen LogP contribution in [0, 0.1) is 13.8 Å². The van der Waals surface area contributed by atoms with E-state index in [1.54, 1.807) is 24.9 Å². The number of anilines is 1. The van der Waals surface area contributed by atoms with Crippen LogP contribution in [0.2, 0.25) is 0 Å². The molecule has 1 atom stereocenters. The fourth-order valence-corrected chi connectivity index (χ4v) is 2.39. The lowest BCUT2D eigenvalue weighted by Crippen LogP contribution is -2.49. The van der Waals surface area contributed by atoms with Crippen LogP contribution in [-0.2, 0) is 9.59 Å². The zero-order valence-electron chi connectivity index (χ0n) is 15.2. The highest BCUT2D eigenvalue weighted by molar-refractivity contribution is 6.03. The lowest BCUT2D eigenvalue weighted by molar-refractivity contribution is -0.126. The number of aryl methyl sites for hydroxylation is 2. The topological polar surface area (TPSA) is 90.5 Å². The van der Waals surface area contributed by atoms with E-state index in [9.17, 15) is 14.4 Å². The Bertz CT molecular complexity index is 670. The molecule has 0 bridgehead atoms. The number of carbonyl (C=O) groups excluding carboxylic acids is 3. The van der Waals surface area contributed by atoms with Gasteiger partial charge >= 0.3 is 6.03 Å². The van der Waals surface area contributed by atoms with E-state index in [1.807, 2.05) is 26.0 Å². The summed E-state index contributed by atoms with van der Waals surface area (Å²) in [4.78, 5) is 37.6. The van der Waals surface area contributed by atoms with Gasteiger partial charge in [0.05, 0.1) is 12.6 Å². The first kappa shape index (κ1) is 18.9. The Balaban J connectivity index is 1.82. The molecule has 1 aliphatic rings. The van der Waals surface area contributed by atoms with Crippen LogP contribution in [0.3, 0.4) is 0 Å². The van der Waals surface area contributed by atoms with Gasteiger partial charge in [-0.1, -0.05) is 17.7 Å². The van der Waals surface area contributed by atoms with Gasteiger partial charge in [-0.15, -0.1) is 0 Å². The Hall–Kier alpha value is -2.41. The maximum atomic E-state index is 12.2. The lowest BCUT2D eigenvalue weighted by atomic mass is 10.1. The van der Waals surface area contributed by atoms with E-state index in [-0.39, 0.29) is 18.5 Å². The highest BCUT2D eigenvalue weighted by atomic mass is 16.2. The monoisotopic (exact) mass is 346 g/mol. The quantitative estimate of drug-likeness (QED) is 0.729. The van der Waals surface area contributed by atoms with E-state index in [4.69, 9.17) is 0 Å². The Kier molecular flexibility index (Phi) is 6.14. The zero-order valence-corrected chi connectivity index (χ0v) is 15.2. The Morgan fingerprint density at radius 1 is 1.24 bits per heavy atom. The second-order valence-corrected chi connectivity index (χ2v) is 6.69. The first-order chi connectivity index (χ1) is 11.8. The number of imide groups is 1. The van der Waals surface area contributed by atoms with Crippen LogP contribution in [0.4, 0.5) is 10.5 Å². The molecule has 7 nitrogen and oxygen atoms in total. The third kappa shape index (κ3) is 5.86. The molecule has 1 aromatic rings. The normalized spacial score (nSPS) is 14.8. The predicted molar refractivity (Wildman–Crippen MR) is 96.3 cm³/mol. The maximum absolute atomic E-state index is 12.2. The van der Waals surface area contributed by atoms with E-state index in [2.05, 4.69) is 16.0 Å². The first-order valence-electron chi connectivity index (χ1n) is 8.45. The van der Waals surface area contributed by atoms with Gasteiger partial charge in [0.25, 0.3) is 0 Å². The van der Waals surface area contributed by atoms with E-state index >= 15 is 0 Å². The van der Waals surface area contributed by atoms with E-state index < -0.39 is 18.0 Å². The molecule has 0 spiro atoms. The van der Waals surface area contributed by atoms with Gasteiger partial charge < -0.3 is 10.6 Å². The van der Waals surface area contributed by atoms with Gasteiger partial charge in [-0.05, 0) is 52.3 Å². The number of nitrogens with one attached hydrogen (secondary N) is 3. The van der Waals surface area contributed by atoms with Crippen molar-refractivity contribution in [3.05, 3.63) is 29.3 Å². The van der Waals surface area contributed by atoms with Gasteiger partial charge in [0.1, 0.15) is 0 Å². The molecule has 2 rings (SSSR count). The molecule has 0 heterocycles. The van der Waals surface area contributed by atoms with Crippen LogP contribution >= 0.6 is 0 Å². The van der Waals surface area contributed by atoms with Crippen LogP contribution in [0.1, 0.15) is 30.9 Å². The molecule has 136 valence electrons. The van der Waals surface area contributed by atoms with Crippen molar-refractivity contribution in [2.45, 2.75) is 45.7 Å². The smallest absolute Gasteiger partial charge is 0.325 e. The summed E-state index contributed by atoms with van der Waals surface area (Å²) in [5.74, 6) is -0.562. The summed E-state index contributed by atoms with van der Waals surface area (Å²) in [6, 6.07) is 4.74. The molecule has 1 saturated carbocycles. The third-order valence-corrected chi connectivity index (χ3v) is 4.24. The molecule has 1 unspecified atom stereocenters. The van der Waals surface area contributed by atoms with Crippen LogP contribution in [0.5, 0.6) is 0 Å². The Labute approximate surface area is 148 Å². The number of hydrogen-bond acceptors (Lipinski definition) is 4. The fourth-order valence-electron chi connectivity index (χ4n) is 2.39. The molecular weight excluding hydrogens is 320 g/mol. The fraction of sp³-hybridized carbons (Fsp3) is 0.500. The van der Waals surface area contributed by atoms with E-state index in [0.29, 0.717) is 5.69 Å². The van der Waals surface area contributed by atoms with Crippen LogP contribution in [0.25, 0.3) is 0 Å². The minimum atomic E-state index is -0.602. The van der Waals surface area contributed by atoms with Crippen molar-refractivity contribution in [1.29, 1.82) is 0 Å². The third-order valence-electron chi connectivity index (χ3n) is 4.24. The molecule has 0 aromatic heterocycles. The van der Waals surface area contributed by atoms with Gasteiger partial charge in [-0.25, -0.2) is 4.79 Å². The minimum absolute atomic E-state index is 0.107. The van der Waals surface area contributed by atoms with Gasteiger partial charge in [0.2, 0.25) is 11.8 Å². The molecule has 0 saturated heterocycles. The molecule has 0 aliphatic heterocycles. The van der Waals surface area contributed by atoms with Crippen molar-refractivity contribution in [2.75, 3.05) is 18.9 Å². The summed E-state index contributed by atoms with van der Waals surface area (Å²) in [7, 11) is 1.68. The molecule has 1 aromatic carbocycles. The van der Waals surface area contributed by atoms with Crippen molar-refractivity contribution in [2.24, 2.45) is 0 Å². The number of nitrogens with zero attached hydrogens (tertiary/aromatic N) is 1. The lowest BCUT2D eigenvalue weighted by Gasteiger charge is -2.23. The average Bonchev–Trinajstić information content (AvgIpc) is 3.32. The van der Waals surface area contributed by atoms with Crippen LogP contribution < -0.4 is 16.0 Å². The maximum Gasteiger partial charge on any atom is 0.325 e. The van der Waals surface area contributed by atoms with Crippen molar-refractivity contribution in [1.82, 2.24) is 15.5 Å². The second-order valence-electron chi connectivity index (χ2n) is 6.69. The molecule has 25 heavy (non-hydrogen) atoms. The first-order valence-corrected chi connectivity index (χ1v) is 8.45. The summed E-state index contributed by atoms with van der Waals surface area (Å²) < 4.78 is 0. The Morgan fingerprint density at radius 2 is 1.92 bits per heavy atom. The molecule has 7 heteroatoms. The van der Waals surface area contributed by atoms with Gasteiger partial charge in [-0.3, -0.25) is 19.8 Å². The summed E-state index contributed by atoms with van der Waals surface area (Å²) in [5, 5.41) is 7.85.